The molecule has 2 aromatic rings. The lowest BCUT2D eigenvalue weighted by Crippen LogP contribution is -1.94. The Labute approximate surface area is 78.7 Å². The molecule has 3 nitrogen and oxygen atoms in total. The summed E-state index contributed by atoms with van der Waals surface area (Å²) in [5.41, 5.74) is 2.06. The number of nitrogens with one attached hydrogen (secondary N) is 1. The molecule has 2 aromatic heterocycles. The molecule has 0 fully saturated rings. The van der Waals surface area contributed by atoms with Crippen LogP contribution in [0.25, 0.3) is 11.1 Å². The Morgan fingerprint density at radius 1 is 1.46 bits per heavy atom. The van der Waals surface area contributed by atoms with Crippen molar-refractivity contribution in [1.29, 1.82) is 0 Å². The van der Waals surface area contributed by atoms with Gasteiger partial charge < -0.3 is 10.1 Å². The third kappa shape index (κ3) is 1.36. The van der Waals surface area contributed by atoms with Crippen LogP contribution >= 0.6 is 11.3 Å². The number of hydrogen-bond donors (Lipinski definition) is 2. The van der Waals surface area contributed by atoms with Crippen LogP contribution in [-0.2, 0) is 0 Å². The van der Waals surface area contributed by atoms with E-state index in [-0.39, 0.29) is 0 Å². The number of carboxylic acid groups (broad SMARTS) is 1. The molecular formula is C9H7NO2S. The molecule has 0 unspecified atom stereocenters. The van der Waals surface area contributed by atoms with E-state index >= 15 is 0 Å². The number of carbonyl (C=O) groups is 1. The lowest BCUT2D eigenvalue weighted by atomic mass is 10.1. The topological polar surface area (TPSA) is 53.1 Å². The molecule has 2 N–H and O–H groups in total. The Morgan fingerprint density at radius 3 is 2.92 bits per heavy atom. The van der Waals surface area contributed by atoms with E-state index in [0.29, 0.717) is 5.56 Å². The molecule has 0 aliphatic rings. The lowest BCUT2D eigenvalue weighted by Gasteiger charge is -1.94. The van der Waals surface area contributed by atoms with Crippen LogP contribution in [0.2, 0.25) is 0 Å². The minimum atomic E-state index is -0.877. The second-order valence-corrected chi connectivity index (χ2v) is 3.35. The van der Waals surface area contributed by atoms with E-state index in [1.807, 2.05) is 11.4 Å². The zero-order valence-corrected chi connectivity index (χ0v) is 7.47. The van der Waals surface area contributed by atoms with Crippen molar-refractivity contribution < 1.29 is 9.90 Å². The van der Waals surface area contributed by atoms with Crippen molar-refractivity contribution in [3.8, 4) is 11.1 Å². The Kier molecular flexibility index (Phi) is 1.90. The van der Waals surface area contributed by atoms with Gasteiger partial charge in [-0.3, -0.25) is 0 Å². The van der Waals surface area contributed by atoms with Crippen molar-refractivity contribution in [2.45, 2.75) is 0 Å². The highest BCUT2D eigenvalue weighted by Crippen LogP contribution is 2.26. The van der Waals surface area contributed by atoms with Gasteiger partial charge in [-0.05, 0) is 11.4 Å². The minimum absolute atomic E-state index is 0.365. The van der Waals surface area contributed by atoms with Crippen molar-refractivity contribution >= 4 is 17.3 Å². The van der Waals surface area contributed by atoms with E-state index in [2.05, 4.69) is 4.98 Å². The summed E-state index contributed by atoms with van der Waals surface area (Å²) in [6.45, 7) is 0. The lowest BCUT2D eigenvalue weighted by molar-refractivity contribution is 0.0698. The third-order valence-electron chi connectivity index (χ3n) is 1.80. The van der Waals surface area contributed by atoms with Gasteiger partial charge >= 0.3 is 5.97 Å². The van der Waals surface area contributed by atoms with E-state index in [4.69, 9.17) is 5.11 Å². The molecule has 0 saturated carbocycles. The van der Waals surface area contributed by atoms with Crippen LogP contribution in [-0.4, -0.2) is 16.1 Å². The second kappa shape index (κ2) is 3.06. The van der Waals surface area contributed by atoms with Gasteiger partial charge in [0.25, 0.3) is 0 Å². The molecular weight excluding hydrogens is 186 g/mol. The molecule has 0 amide bonds. The van der Waals surface area contributed by atoms with Gasteiger partial charge in [0.2, 0.25) is 0 Å². The first-order valence-corrected chi connectivity index (χ1v) is 4.66. The highest BCUT2D eigenvalue weighted by molar-refractivity contribution is 7.08. The Balaban J connectivity index is 2.52. The molecule has 0 spiro atoms. The van der Waals surface area contributed by atoms with Gasteiger partial charge in [0.15, 0.2) is 0 Å². The van der Waals surface area contributed by atoms with E-state index in [0.717, 1.165) is 11.1 Å². The molecule has 0 saturated heterocycles. The minimum Gasteiger partial charge on any atom is -0.478 e. The molecule has 2 heterocycles. The van der Waals surface area contributed by atoms with Crippen LogP contribution in [0.3, 0.4) is 0 Å². The first-order chi connectivity index (χ1) is 6.29. The van der Waals surface area contributed by atoms with Crippen molar-refractivity contribution in [3.63, 3.8) is 0 Å². The average Bonchev–Trinajstić information content (AvgIpc) is 2.74. The summed E-state index contributed by atoms with van der Waals surface area (Å²) >= 11 is 1.40. The first kappa shape index (κ1) is 8.07. The summed E-state index contributed by atoms with van der Waals surface area (Å²) in [6.07, 6.45) is 3.56. The molecule has 0 radical (unpaired) electrons. The normalized spacial score (nSPS) is 10.2. The monoisotopic (exact) mass is 193 g/mol. The smallest absolute Gasteiger partial charge is 0.337 e. The summed E-state index contributed by atoms with van der Waals surface area (Å²) in [5.74, 6) is -0.877. The number of aromatic amines is 1. The van der Waals surface area contributed by atoms with E-state index in [1.165, 1.54) is 11.3 Å². The van der Waals surface area contributed by atoms with E-state index < -0.39 is 5.97 Å². The first-order valence-electron chi connectivity index (χ1n) is 3.71. The van der Waals surface area contributed by atoms with Crippen LogP contribution in [0.15, 0.2) is 29.2 Å². The predicted molar refractivity (Wildman–Crippen MR) is 51.1 cm³/mol. The SMILES string of the molecule is O=C(O)c1cscc1-c1cc[nH]c1. The number of aromatic nitrogens is 1. The van der Waals surface area contributed by atoms with Crippen LogP contribution in [0, 0.1) is 0 Å². The molecule has 66 valence electrons. The zero-order valence-electron chi connectivity index (χ0n) is 6.65. The van der Waals surface area contributed by atoms with Gasteiger partial charge in [-0.25, -0.2) is 4.79 Å². The molecule has 2 rings (SSSR count). The fraction of sp³-hybridized carbons (Fsp3) is 0. The largest absolute Gasteiger partial charge is 0.478 e. The molecule has 0 aromatic carbocycles. The molecule has 0 aliphatic heterocycles. The molecule has 13 heavy (non-hydrogen) atoms. The fourth-order valence-corrected chi connectivity index (χ4v) is 2.01. The van der Waals surface area contributed by atoms with Crippen LogP contribution in [0.4, 0.5) is 0 Å². The van der Waals surface area contributed by atoms with E-state index in [9.17, 15) is 4.79 Å². The number of hydrogen-bond acceptors (Lipinski definition) is 2. The highest BCUT2D eigenvalue weighted by Gasteiger charge is 2.12. The van der Waals surface area contributed by atoms with Crippen LogP contribution in [0.1, 0.15) is 10.4 Å². The number of H-pyrrole nitrogens is 1. The van der Waals surface area contributed by atoms with E-state index in [1.54, 1.807) is 17.8 Å². The summed E-state index contributed by atoms with van der Waals surface area (Å²) in [5, 5.41) is 12.3. The quantitative estimate of drug-likeness (QED) is 0.769. The Morgan fingerprint density at radius 2 is 2.31 bits per heavy atom. The number of rotatable bonds is 2. The van der Waals surface area contributed by atoms with Gasteiger partial charge in [0, 0.05) is 28.9 Å². The third-order valence-corrected chi connectivity index (χ3v) is 2.54. The van der Waals surface area contributed by atoms with Gasteiger partial charge in [-0.15, -0.1) is 0 Å². The predicted octanol–water partition coefficient (Wildman–Crippen LogP) is 2.44. The maximum atomic E-state index is 10.8. The molecule has 0 atom stereocenters. The average molecular weight is 193 g/mol. The van der Waals surface area contributed by atoms with Gasteiger partial charge in [-0.2, -0.15) is 11.3 Å². The standard InChI is InChI=1S/C9H7NO2S/c11-9(12)8-5-13-4-7(8)6-1-2-10-3-6/h1-5,10H,(H,11,12). The maximum Gasteiger partial charge on any atom is 0.337 e. The number of aromatic carboxylic acids is 1. The van der Waals surface area contributed by atoms with Gasteiger partial charge in [-0.1, -0.05) is 0 Å². The Hall–Kier alpha value is -1.55. The summed E-state index contributed by atoms with van der Waals surface area (Å²) in [4.78, 5) is 13.7. The number of carboxylic acids is 1. The van der Waals surface area contributed by atoms with Crippen molar-refractivity contribution in [3.05, 3.63) is 34.8 Å². The van der Waals surface area contributed by atoms with Crippen molar-refractivity contribution in [1.82, 2.24) is 4.98 Å². The summed E-state index contributed by atoms with van der Waals surface area (Å²) < 4.78 is 0. The zero-order chi connectivity index (χ0) is 9.26. The molecule has 0 aliphatic carbocycles. The van der Waals surface area contributed by atoms with Crippen LogP contribution in [0.5, 0.6) is 0 Å². The molecule has 0 bridgehead atoms. The molecule has 4 heteroatoms. The highest BCUT2D eigenvalue weighted by atomic mass is 32.1. The number of thiophene rings is 1. The Bertz CT molecular complexity index is 417. The second-order valence-electron chi connectivity index (χ2n) is 2.60. The fourth-order valence-electron chi connectivity index (χ4n) is 1.18. The van der Waals surface area contributed by atoms with Crippen molar-refractivity contribution in [2.24, 2.45) is 0 Å². The summed E-state index contributed by atoms with van der Waals surface area (Å²) in [6, 6.07) is 1.86. The summed E-state index contributed by atoms with van der Waals surface area (Å²) in [7, 11) is 0. The van der Waals surface area contributed by atoms with Gasteiger partial charge in [0.05, 0.1) is 5.56 Å². The van der Waals surface area contributed by atoms with Crippen molar-refractivity contribution in [2.75, 3.05) is 0 Å². The van der Waals surface area contributed by atoms with Gasteiger partial charge in [0.1, 0.15) is 0 Å². The maximum absolute atomic E-state index is 10.8. The van der Waals surface area contributed by atoms with Crippen LogP contribution < -0.4 is 0 Å².